The van der Waals surface area contributed by atoms with E-state index in [9.17, 15) is 24.3 Å². The number of nitrogens with one attached hydrogen (secondary N) is 1. The van der Waals surface area contributed by atoms with Crippen molar-refractivity contribution in [2.24, 2.45) is 0 Å². The fraction of sp³-hybridized carbons (Fsp3) is 0.351. The maximum atomic E-state index is 14.0. The van der Waals surface area contributed by atoms with Crippen molar-refractivity contribution in [3.8, 4) is 11.5 Å². The quantitative estimate of drug-likeness (QED) is 0.243. The summed E-state index contributed by atoms with van der Waals surface area (Å²) in [6.07, 6.45) is 4.25. The van der Waals surface area contributed by atoms with Crippen molar-refractivity contribution in [3.63, 3.8) is 0 Å². The lowest BCUT2D eigenvalue weighted by molar-refractivity contribution is -0.135. The van der Waals surface area contributed by atoms with Crippen molar-refractivity contribution < 1.29 is 28.6 Å². The number of phenols is 1. The van der Waals surface area contributed by atoms with Crippen molar-refractivity contribution >= 4 is 40.3 Å². The third kappa shape index (κ3) is 7.33. The number of carbonyl (C=O) groups is 3. The molecule has 2 N–H and O–H groups in total. The molecular formula is C37H38ClN3O7. The van der Waals surface area contributed by atoms with Gasteiger partial charge in [-0.15, -0.1) is 0 Å². The molecule has 10 nitrogen and oxygen atoms in total. The minimum absolute atomic E-state index is 0.0647. The molecule has 3 amide bonds. The molecule has 4 aromatic rings. The molecule has 0 radical (unpaired) electrons. The van der Waals surface area contributed by atoms with Crippen LogP contribution in [0, 0.1) is 0 Å². The molecule has 2 saturated heterocycles. The van der Waals surface area contributed by atoms with Crippen molar-refractivity contribution in [1.82, 2.24) is 15.1 Å². The number of likely N-dealkylation sites (tertiary alicyclic amines) is 2. The highest BCUT2D eigenvalue weighted by molar-refractivity contribution is 6.30. The molecular weight excluding hydrogens is 634 g/mol. The Kier molecular flexibility index (Phi) is 10.0. The molecule has 2 aliphatic heterocycles. The molecule has 0 bridgehead atoms. The zero-order valence-electron chi connectivity index (χ0n) is 26.7. The number of phenolic OH excluding ortho intramolecular Hbond substituents is 1. The van der Waals surface area contributed by atoms with Gasteiger partial charge in [-0.2, -0.15) is 0 Å². The topological polar surface area (TPSA) is 129 Å². The van der Waals surface area contributed by atoms with E-state index in [1.54, 1.807) is 29.2 Å². The van der Waals surface area contributed by atoms with Crippen LogP contribution in [0.25, 0.3) is 11.0 Å². The van der Waals surface area contributed by atoms with E-state index in [2.05, 4.69) is 17.4 Å². The SMILES string of the molecule is COc1cc2oc(C(=O)N[C@H](Cc3ccc(Cl)cc3)C(=O)N3CCC(c4ccccc4CN4CCCCC4=O)CC3)cc(=O)c2cc1O. The van der Waals surface area contributed by atoms with E-state index in [0.717, 1.165) is 49.4 Å². The maximum absolute atomic E-state index is 14.0. The van der Waals surface area contributed by atoms with Gasteiger partial charge in [-0.1, -0.05) is 48.0 Å². The van der Waals surface area contributed by atoms with E-state index >= 15 is 0 Å². The Morgan fingerprint density at radius 3 is 2.50 bits per heavy atom. The van der Waals surface area contributed by atoms with Crippen LogP contribution in [0.5, 0.6) is 11.5 Å². The van der Waals surface area contributed by atoms with Gasteiger partial charge in [0.25, 0.3) is 5.91 Å². The van der Waals surface area contributed by atoms with Gasteiger partial charge in [-0.05, 0) is 66.5 Å². The van der Waals surface area contributed by atoms with Crippen LogP contribution in [0.2, 0.25) is 5.02 Å². The number of halogens is 1. The number of rotatable bonds is 9. The number of nitrogens with zero attached hydrogens (tertiary/aromatic N) is 2. The van der Waals surface area contributed by atoms with E-state index in [4.69, 9.17) is 20.8 Å². The second kappa shape index (κ2) is 14.5. The molecule has 3 aromatic carbocycles. The minimum Gasteiger partial charge on any atom is -0.504 e. The van der Waals surface area contributed by atoms with Gasteiger partial charge in [0.1, 0.15) is 11.6 Å². The summed E-state index contributed by atoms with van der Waals surface area (Å²) in [7, 11) is 1.36. The first-order valence-corrected chi connectivity index (χ1v) is 16.6. The number of methoxy groups -OCH3 is 1. The number of aromatic hydroxyl groups is 1. The van der Waals surface area contributed by atoms with Crippen LogP contribution >= 0.6 is 11.6 Å². The Labute approximate surface area is 283 Å². The summed E-state index contributed by atoms with van der Waals surface area (Å²) in [5, 5.41) is 13.5. The van der Waals surface area contributed by atoms with E-state index in [1.165, 1.54) is 24.8 Å². The van der Waals surface area contributed by atoms with Gasteiger partial charge in [-0.3, -0.25) is 19.2 Å². The lowest BCUT2D eigenvalue weighted by Gasteiger charge is -2.36. The summed E-state index contributed by atoms with van der Waals surface area (Å²) < 4.78 is 10.9. The molecule has 3 heterocycles. The molecule has 0 saturated carbocycles. The molecule has 6 rings (SSSR count). The van der Waals surface area contributed by atoms with Crippen molar-refractivity contribution in [1.29, 1.82) is 0 Å². The fourth-order valence-corrected chi connectivity index (χ4v) is 6.80. The third-order valence-electron chi connectivity index (χ3n) is 9.29. The molecule has 2 fully saturated rings. The van der Waals surface area contributed by atoms with E-state index in [-0.39, 0.29) is 52.4 Å². The molecule has 1 atom stereocenters. The van der Waals surface area contributed by atoms with E-state index in [1.807, 2.05) is 17.0 Å². The van der Waals surface area contributed by atoms with Gasteiger partial charge in [0, 0.05) is 56.2 Å². The number of hydrogen-bond donors (Lipinski definition) is 2. The Bertz CT molecular complexity index is 1880. The molecule has 2 aliphatic rings. The first-order valence-electron chi connectivity index (χ1n) is 16.2. The van der Waals surface area contributed by atoms with Crippen LogP contribution in [0.3, 0.4) is 0 Å². The van der Waals surface area contributed by atoms with Crippen molar-refractivity contribution in [2.75, 3.05) is 26.7 Å². The summed E-state index contributed by atoms with van der Waals surface area (Å²) in [5.41, 5.74) is 2.71. The predicted octanol–water partition coefficient (Wildman–Crippen LogP) is 5.42. The fourth-order valence-electron chi connectivity index (χ4n) is 6.67. The maximum Gasteiger partial charge on any atom is 0.287 e. The lowest BCUT2D eigenvalue weighted by Crippen LogP contribution is -2.51. The summed E-state index contributed by atoms with van der Waals surface area (Å²) in [6.45, 7) is 2.38. The molecule has 0 unspecified atom stereocenters. The molecule has 250 valence electrons. The monoisotopic (exact) mass is 671 g/mol. The number of hydrogen-bond acceptors (Lipinski definition) is 7. The molecule has 0 aliphatic carbocycles. The normalized spacial score (nSPS) is 16.2. The largest absolute Gasteiger partial charge is 0.504 e. The number of piperidine rings is 2. The molecule has 1 aromatic heterocycles. The highest BCUT2D eigenvalue weighted by atomic mass is 35.5. The van der Waals surface area contributed by atoms with Gasteiger partial charge in [0.05, 0.1) is 12.5 Å². The number of amides is 3. The standard InChI is InChI=1S/C37H38ClN3O7/c1-47-33-21-32-28(19-31(33)43)30(42)20-34(48-32)36(45)39-29(18-23-9-11-26(38)12-10-23)37(46)40-16-13-24(14-17-40)27-7-3-2-6-25(27)22-41-15-5-4-8-35(41)44/h2-3,6-7,9-12,19-21,24,29,43H,4-5,8,13-18,22H2,1H3,(H,39,45)/t29-/m1/s1. The molecule has 11 heteroatoms. The number of carbonyl (C=O) groups excluding carboxylic acids is 3. The smallest absolute Gasteiger partial charge is 0.287 e. The summed E-state index contributed by atoms with van der Waals surface area (Å²) >= 11 is 6.10. The molecule has 48 heavy (non-hydrogen) atoms. The Balaban J connectivity index is 1.19. The Morgan fingerprint density at radius 2 is 1.77 bits per heavy atom. The van der Waals surface area contributed by atoms with Gasteiger partial charge in [-0.25, -0.2) is 0 Å². The zero-order valence-corrected chi connectivity index (χ0v) is 27.5. The highest BCUT2D eigenvalue weighted by Gasteiger charge is 2.32. The Morgan fingerprint density at radius 1 is 1.02 bits per heavy atom. The minimum atomic E-state index is -0.942. The average molecular weight is 672 g/mol. The number of fused-ring (bicyclic) bond motifs is 1. The average Bonchev–Trinajstić information content (AvgIpc) is 3.10. The Hall–Kier alpha value is -4.83. The highest BCUT2D eigenvalue weighted by Crippen LogP contribution is 2.33. The van der Waals surface area contributed by atoms with Gasteiger partial charge >= 0.3 is 0 Å². The second-order valence-electron chi connectivity index (χ2n) is 12.4. The van der Waals surface area contributed by atoms with Gasteiger partial charge in [0.15, 0.2) is 22.7 Å². The first-order chi connectivity index (χ1) is 23.2. The van der Waals surface area contributed by atoms with Crippen LogP contribution in [0.4, 0.5) is 0 Å². The lowest BCUT2D eigenvalue weighted by atomic mass is 9.86. The van der Waals surface area contributed by atoms with Gasteiger partial charge < -0.3 is 29.4 Å². The van der Waals surface area contributed by atoms with Crippen LogP contribution in [-0.2, 0) is 22.6 Å². The summed E-state index contributed by atoms with van der Waals surface area (Å²) in [6, 6.07) is 18.0. The third-order valence-corrected chi connectivity index (χ3v) is 9.55. The number of ether oxygens (including phenoxy) is 1. The number of benzene rings is 3. The summed E-state index contributed by atoms with van der Waals surface area (Å²) in [5.74, 6) is -0.928. The van der Waals surface area contributed by atoms with Crippen molar-refractivity contribution in [2.45, 2.75) is 57.0 Å². The predicted molar refractivity (Wildman–Crippen MR) is 181 cm³/mol. The van der Waals surface area contributed by atoms with E-state index < -0.39 is 17.4 Å². The van der Waals surface area contributed by atoms with Crippen LogP contribution < -0.4 is 15.5 Å². The summed E-state index contributed by atoms with van der Waals surface area (Å²) in [4.78, 5) is 56.6. The zero-order chi connectivity index (χ0) is 33.8. The van der Waals surface area contributed by atoms with Gasteiger partial charge in [0.2, 0.25) is 11.8 Å². The second-order valence-corrected chi connectivity index (χ2v) is 12.9. The van der Waals surface area contributed by atoms with Crippen LogP contribution in [0.15, 0.2) is 75.9 Å². The van der Waals surface area contributed by atoms with Crippen LogP contribution in [0.1, 0.15) is 65.3 Å². The van der Waals surface area contributed by atoms with Crippen molar-refractivity contribution in [3.05, 3.63) is 104 Å². The first kappa shape index (κ1) is 33.1. The van der Waals surface area contributed by atoms with Crippen LogP contribution in [-0.4, -0.2) is 65.4 Å². The molecule has 0 spiro atoms. The van der Waals surface area contributed by atoms with E-state index in [0.29, 0.717) is 31.1 Å².